The number of aromatic amines is 1. The maximum Gasteiger partial charge on any atom is 0.326 e. The second-order valence-electron chi connectivity index (χ2n) is 4.90. The maximum atomic E-state index is 12.6. The molecule has 0 spiro atoms. The highest BCUT2D eigenvalue weighted by molar-refractivity contribution is 5.86. The van der Waals surface area contributed by atoms with Crippen molar-refractivity contribution in [2.24, 2.45) is 0 Å². The molecule has 110 valence electrons. The van der Waals surface area contributed by atoms with Crippen LogP contribution in [0, 0.1) is 0 Å². The molecule has 2 N–H and O–H groups in total. The predicted molar refractivity (Wildman–Crippen MR) is 69.0 cm³/mol. The second-order valence-corrected chi connectivity index (χ2v) is 4.90. The van der Waals surface area contributed by atoms with E-state index in [4.69, 9.17) is 0 Å². The summed E-state index contributed by atoms with van der Waals surface area (Å²) in [4.78, 5) is 36.2. The van der Waals surface area contributed by atoms with Crippen molar-refractivity contribution in [2.45, 2.75) is 32.0 Å². The monoisotopic (exact) mass is 290 g/mol. The lowest BCUT2D eigenvalue weighted by atomic mass is 10.0. The van der Waals surface area contributed by atoms with Crippen LogP contribution in [-0.2, 0) is 22.6 Å². The molecular weight excluding hydrogens is 276 g/mol. The smallest absolute Gasteiger partial charge is 0.326 e. The zero-order chi connectivity index (χ0) is 15.0. The van der Waals surface area contributed by atoms with Crippen LogP contribution in [0.15, 0.2) is 19.0 Å². The summed E-state index contributed by atoms with van der Waals surface area (Å²) in [5.74, 6) is -1.35. The fourth-order valence-corrected chi connectivity index (χ4v) is 2.46. The first-order chi connectivity index (χ1) is 10.1. The number of nitrogens with zero attached hydrogens (tertiary/aromatic N) is 5. The van der Waals surface area contributed by atoms with E-state index in [1.165, 1.54) is 28.6 Å². The number of hydrogen-bond acceptors (Lipinski definition) is 5. The Morgan fingerprint density at radius 3 is 3.00 bits per heavy atom. The van der Waals surface area contributed by atoms with Gasteiger partial charge < -0.3 is 15.0 Å². The van der Waals surface area contributed by atoms with Crippen LogP contribution in [0.4, 0.5) is 0 Å². The first kappa shape index (κ1) is 13.3. The zero-order valence-electron chi connectivity index (χ0n) is 11.3. The highest BCUT2D eigenvalue weighted by Gasteiger charge is 2.38. The minimum Gasteiger partial charge on any atom is -0.480 e. The first-order valence-electron chi connectivity index (χ1n) is 6.46. The summed E-state index contributed by atoms with van der Waals surface area (Å²) in [7, 11) is 0. The highest BCUT2D eigenvalue weighted by atomic mass is 16.4. The van der Waals surface area contributed by atoms with Gasteiger partial charge in [0.25, 0.3) is 0 Å². The molecular formula is C12H14N6O3. The summed E-state index contributed by atoms with van der Waals surface area (Å²) >= 11 is 0. The third kappa shape index (κ3) is 2.26. The van der Waals surface area contributed by atoms with Crippen molar-refractivity contribution in [3.05, 3.63) is 30.4 Å². The van der Waals surface area contributed by atoms with E-state index in [0.717, 1.165) is 5.69 Å². The number of aliphatic carboxylic acids is 1. The Hall–Kier alpha value is -2.71. The lowest BCUT2D eigenvalue weighted by Gasteiger charge is -2.33. The number of carboxylic acids is 1. The van der Waals surface area contributed by atoms with Gasteiger partial charge in [-0.1, -0.05) is 0 Å². The maximum absolute atomic E-state index is 12.6. The molecule has 0 aromatic carbocycles. The van der Waals surface area contributed by atoms with E-state index in [9.17, 15) is 14.7 Å². The van der Waals surface area contributed by atoms with E-state index >= 15 is 0 Å². The van der Waals surface area contributed by atoms with E-state index in [1.54, 1.807) is 6.92 Å². The average Bonchev–Trinajstić information content (AvgIpc) is 3.14. The Bertz CT molecular complexity index is 664. The minimum atomic E-state index is -1.04. The number of aromatic nitrogens is 5. The molecule has 3 rings (SSSR count). The Morgan fingerprint density at radius 2 is 2.33 bits per heavy atom. The fraction of sp³-hybridized carbons (Fsp3) is 0.417. The first-order valence-corrected chi connectivity index (χ1v) is 6.46. The van der Waals surface area contributed by atoms with Crippen molar-refractivity contribution in [3.8, 4) is 0 Å². The molecule has 21 heavy (non-hydrogen) atoms. The summed E-state index contributed by atoms with van der Waals surface area (Å²) in [6.45, 7) is 1.86. The van der Waals surface area contributed by atoms with Gasteiger partial charge in [0.05, 0.1) is 24.3 Å². The fourth-order valence-electron chi connectivity index (χ4n) is 2.46. The van der Waals surface area contributed by atoms with E-state index in [1.807, 2.05) is 0 Å². The van der Waals surface area contributed by atoms with Gasteiger partial charge in [-0.05, 0) is 6.92 Å². The summed E-state index contributed by atoms with van der Waals surface area (Å²) in [5, 5.41) is 13.3. The van der Waals surface area contributed by atoms with Gasteiger partial charge >= 0.3 is 5.97 Å². The lowest BCUT2D eigenvalue weighted by Crippen LogP contribution is -2.50. The Labute approximate surface area is 119 Å². The van der Waals surface area contributed by atoms with Crippen LogP contribution in [0.1, 0.15) is 24.4 Å². The van der Waals surface area contributed by atoms with Gasteiger partial charge in [0, 0.05) is 6.42 Å². The number of fused-ring (bicyclic) bond motifs is 1. The summed E-state index contributed by atoms with van der Waals surface area (Å²) in [6.07, 6.45) is 4.48. The van der Waals surface area contributed by atoms with Crippen molar-refractivity contribution < 1.29 is 14.7 Å². The van der Waals surface area contributed by atoms with Crippen molar-refractivity contribution >= 4 is 11.9 Å². The van der Waals surface area contributed by atoms with E-state index in [2.05, 4.69) is 20.1 Å². The molecule has 0 fully saturated rings. The van der Waals surface area contributed by atoms with Crippen molar-refractivity contribution in [2.75, 3.05) is 0 Å². The largest absolute Gasteiger partial charge is 0.480 e. The van der Waals surface area contributed by atoms with Crippen molar-refractivity contribution in [1.29, 1.82) is 0 Å². The number of rotatable bonds is 3. The molecule has 0 bridgehead atoms. The topological polar surface area (TPSA) is 117 Å². The molecule has 3 heterocycles. The van der Waals surface area contributed by atoms with Gasteiger partial charge in [0.1, 0.15) is 24.7 Å². The molecule has 1 aliphatic rings. The van der Waals surface area contributed by atoms with Gasteiger partial charge in [-0.2, -0.15) is 5.10 Å². The van der Waals surface area contributed by atoms with E-state index in [-0.39, 0.29) is 18.9 Å². The molecule has 2 aromatic heterocycles. The number of hydrogen-bond donors (Lipinski definition) is 2. The molecule has 2 aromatic rings. The molecule has 9 heteroatoms. The number of carbonyl (C=O) groups is 2. The molecule has 2 atom stereocenters. The second kappa shape index (κ2) is 5.00. The third-order valence-corrected chi connectivity index (χ3v) is 3.66. The molecule has 2 unspecified atom stereocenters. The number of nitrogens with one attached hydrogen (secondary N) is 1. The molecule has 1 aliphatic heterocycles. The zero-order valence-corrected chi connectivity index (χ0v) is 11.3. The normalized spacial score (nSPS) is 19.1. The van der Waals surface area contributed by atoms with Crippen LogP contribution < -0.4 is 0 Å². The van der Waals surface area contributed by atoms with Gasteiger partial charge in [-0.25, -0.2) is 19.4 Å². The number of carboxylic acid groups (broad SMARTS) is 1. The molecule has 0 aliphatic carbocycles. The lowest BCUT2D eigenvalue weighted by molar-refractivity contribution is -0.153. The quantitative estimate of drug-likeness (QED) is 0.794. The SMILES string of the molecule is CC(C(=O)N1Cc2[nH]cnc2CC1C(=O)O)n1cncn1. The Kier molecular flexibility index (Phi) is 3.16. The van der Waals surface area contributed by atoms with Crippen LogP contribution in [0.2, 0.25) is 0 Å². The summed E-state index contributed by atoms with van der Waals surface area (Å²) < 4.78 is 1.41. The summed E-state index contributed by atoms with van der Waals surface area (Å²) in [6, 6.07) is -1.53. The van der Waals surface area contributed by atoms with Crippen LogP contribution in [0.25, 0.3) is 0 Å². The van der Waals surface area contributed by atoms with E-state index in [0.29, 0.717) is 5.69 Å². The van der Waals surface area contributed by atoms with Gasteiger partial charge in [-0.15, -0.1) is 0 Å². The summed E-state index contributed by atoms with van der Waals surface area (Å²) in [5.41, 5.74) is 1.46. The van der Waals surface area contributed by atoms with Crippen molar-refractivity contribution in [1.82, 2.24) is 29.6 Å². The molecule has 0 radical (unpaired) electrons. The molecule has 1 amide bonds. The van der Waals surface area contributed by atoms with Crippen LogP contribution in [-0.4, -0.2) is 52.7 Å². The third-order valence-electron chi connectivity index (χ3n) is 3.66. The molecule has 0 saturated heterocycles. The van der Waals surface area contributed by atoms with Gasteiger partial charge in [0.2, 0.25) is 5.91 Å². The van der Waals surface area contributed by atoms with Crippen LogP contribution in [0.5, 0.6) is 0 Å². The standard InChI is InChI=1S/C12H14N6O3/c1-7(18-6-13-4-16-18)11(19)17-3-9-8(14-5-15-9)2-10(17)12(20)21/h4-7,10H,2-3H2,1H3,(H,14,15)(H,20,21). The molecule has 9 nitrogen and oxygen atoms in total. The Balaban J connectivity index is 1.88. The van der Waals surface area contributed by atoms with Crippen LogP contribution >= 0.6 is 0 Å². The minimum absolute atomic E-state index is 0.198. The Morgan fingerprint density at radius 1 is 1.52 bits per heavy atom. The average molecular weight is 290 g/mol. The number of amides is 1. The van der Waals surface area contributed by atoms with Gasteiger partial charge in [0.15, 0.2) is 0 Å². The van der Waals surface area contributed by atoms with Gasteiger partial charge in [-0.3, -0.25) is 4.79 Å². The number of imidazole rings is 1. The predicted octanol–water partition coefficient (Wildman–Crippen LogP) is -0.400. The van der Waals surface area contributed by atoms with Crippen LogP contribution in [0.3, 0.4) is 0 Å². The highest BCUT2D eigenvalue weighted by Crippen LogP contribution is 2.23. The van der Waals surface area contributed by atoms with Crippen molar-refractivity contribution in [3.63, 3.8) is 0 Å². The number of H-pyrrole nitrogens is 1. The number of carbonyl (C=O) groups excluding carboxylic acids is 1. The van der Waals surface area contributed by atoms with E-state index < -0.39 is 18.1 Å². The molecule has 0 saturated carbocycles.